The van der Waals surface area contributed by atoms with Crippen LogP contribution in [-0.2, 0) is 19.6 Å². The highest BCUT2D eigenvalue weighted by Crippen LogP contribution is 2.14. The molecule has 25 heavy (non-hydrogen) atoms. The van der Waals surface area contributed by atoms with E-state index in [2.05, 4.69) is 16.2 Å². The van der Waals surface area contributed by atoms with Crippen molar-refractivity contribution in [2.75, 3.05) is 27.3 Å². The van der Waals surface area contributed by atoms with Crippen LogP contribution in [0.2, 0.25) is 0 Å². The second-order valence-electron chi connectivity index (χ2n) is 5.22. The lowest BCUT2D eigenvalue weighted by molar-refractivity contribution is -0.121. The number of sulfonamides is 1. The Morgan fingerprint density at radius 1 is 1.32 bits per heavy atom. The van der Waals surface area contributed by atoms with E-state index in [9.17, 15) is 17.6 Å². The fourth-order valence-electron chi connectivity index (χ4n) is 1.79. The summed E-state index contributed by atoms with van der Waals surface area (Å²) in [5.41, 5.74) is 4.76. The van der Waals surface area contributed by atoms with Crippen LogP contribution in [0, 0.1) is 5.82 Å². The molecule has 0 fully saturated rings. The van der Waals surface area contributed by atoms with Gasteiger partial charge >= 0.3 is 0 Å². The fourth-order valence-corrected chi connectivity index (χ4v) is 3.17. The van der Waals surface area contributed by atoms with E-state index in [1.54, 1.807) is 7.11 Å². The monoisotopic (exact) mass is 392 g/mol. The SMILES string of the molecule is COC[C@H](C)NC(=S)NNC(=O)CN(C)S(=O)(=O)c1ccc(F)cc1. The molecule has 0 bridgehead atoms. The first-order valence-corrected chi connectivity index (χ1v) is 9.08. The van der Waals surface area contributed by atoms with Crippen molar-refractivity contribution in [3.8, 4) is 0 Å². The summed E-state index contributed by atoms with van der Waals surface area (Å²) >= 11 is 4.98. The van der Waals surface area contributed by atoms with E-state index in [-0.39, 0.29) is 16.0 Å². The van der Waals surface area contributed by atoms with E-state index >= 15 is 0 Å². The molecule has 0 aliphatic heterocycles. The van der Waals surface area contributed by atoms with Crippen LogP contribution in [-0.4, -0.2) is 57.1 Å². The van der Waals surface area contributed by atoms with Crippen LogP contribution < -0.4 is 16.2 Å². The molecule has 3 N–H and O–H groups in total. The second-order valence-corrected chi connectivity index (χ2v) is 7.67. The molecule has 0 heterocycles. The van der Waals surface area contributed by atoms with Gasteiger partial charge in [0, 0.05) is 20.2 Å². The van der Waals surface area contributed by atoms with Crippen LogP contribution in [0.1, 0.15) is 6.92 Å². The van der Waals surface area contributed by atoms with Crippen molar-refractivity contribution in [3.05, 3.63) is 30.1 Å². The second kappa shape index (κ2) is 9.61. The summed E-state index contributed by atoms with van der Waals surface area (Å²) in [6.45, 7) is 1.82. The number of nitrogens with zero attached hydrogens (tertiary/aromatic N) is 1. The van der Waals surface area contributed by atoms with Crippen molar-refractivity contribution in [2.24, 2.45) is 0 Å². The highest BCUT2D eigenvalue weighted by Gasteiger charge is 2.23. The Balaban J connectivity index is 2.53. The lowest BCUT2D eigenvalue weighted by Gasteiger charge is -2.19. The molecular weight excluding hydrogens is 371 g/mol. The summed E-state index contributed by atoms with van der Waals surface area (Å²) in [4.78, 5) is 11.7. The molecule has 11 heteroatoms. The number of amides is 1. The summed E-state index contributed by atoms with van der Waals surface area (Å²) in [7, 11) is -1.11. The third kappa shape index (κ3) is 6.90. The minimum Gasteiger partial charge on any atom is -0.383 e. The normalized spacial score (nSPS) is 12.5. The number of carbonyl (C=O) groups excluding carboxylic acids is 1. The van der Waals surface area contributed by atoms with Gasteiger partial charge in [-0.05, 0) is 43.4 Å². The molecule has 0 aromatic heterocycles. The Kier molecular flexibility index (Phi) is 8.16. The fraction of sp³-hybridized carbons (Fsp3) is 0.429. The Morgan fingerprint density at radius 3 is 2.48 bits per heavy atom. The lowest BCUT2D eigenvalue weighted by atomic mass is 10.4. The third-order valence-electron chi connectivity index (χ3n) is 3.00. The number of likely N-dealkylation sites (N-methyl/N-ethyl adjacent to an activating group) is 1. The van der Waals surface area contributed by atoms with Gasteiger partial charge < -0.3 is 10.1 Å². The van der Waals surface area contributed by atoms with Gasteiger partial charge in [0.05, 0.1) is 18.0 Å². The first kappa shape index (κ1) is 21.2. The molecule has 1 aromatic carbocycles. The molecule has 0 saturated carbocycles. The number of benzene rings is 1. The van der Waals surface area contributed by atoms with E-state index in [0.717, 1.165) is 28.6 Å². The summed E-state index contributed by atoms with van der Waals surface area (Å²) in [5, 5.41) is 3.03. The first-order valence-electron chi connectivity index (χ1n) is 7.23. The van der Waals surface area contributed by atoms with Gasteiger partial charge in [0.1, 0.15) is 5.82 Å². The molecular formula is C14H21FN4O4S2. The number of halogens is 1. The molecule has 1 rings (SSSR count). The number of hydrogen-bond donors (Lipinski definition) is 3. The quantitative estimate of drug-likeness (QED) is 0.443. The minimum absolute atomic E-state index is 0.0663. The van der Waals surface area contributed by atoms with Crippen LogP contribution in [0.4, 0.5) is 4.39 Å². The molecule has 1 aromatic rings. The molecule has 0 aliphatic rings. The van der Waals surface area contributed by atoms with Crippen molar-refractivity contribution in [1.82, 2.24) is 20.5 Å². The Hall–Kier alpha value is -1.82. The van der Waals surface area contributed by atoms with Crippen molar-refractivity contribution >= 4 is 33.3 Å². The molecule has 0 radical (unpaired) electrons. The molecule has 0 spiro atoms. The number of hydrogen-bond acceptors (Lipinski definition) is 5. The first-order chi connectivity index (χ1) is 11.7. The van der Waals surface area contributed by atoms with Gasteiger partial charge in [-0.25, -0.2) is 12.8 Å². The van der Waals surface area contributed by atoms with Gasteiger partial charge in [0.15, 0.2) is 5.11 Å². The molecule has 1 amide bonds. The van der Waals surface area contributed by atoms with E-state index in [1.807, 2.05) is 6.92 Å². The molecule has 0 unspecified atom stereocenters. The van der Waals surface area contributed by atoms with Gasteiger partial charge in [-0.3, -0.25) is 15.6 Å². The predicted molar refractivity (Wildman–Crippen MR) is 94.6 cm³/mol. The predicted octanol–water partition coefficient (Wildman–Crippen LogP) is -0.0236. The molecule has 1 atom stereocenters. The smallest absolute Gasteiger partial charge is 0.253 e. The van der Waals surface area contributed by atoms with Crippen LogP contribution in [0.15, 0.2) is 29.2 Å². The van der Waals surface area contributed by atoms with Crippen LogP contribution in [0.25, 0.3) is 0 Å². The summed E-state index contributed by atoms with van der Waals surface area (Å²) in [5.74, 6) is -1.16. The van der Waals surface area contributed by atoms with Gasteiger partial charge in [0.2, 0.25) is 10.0 Å². The zero-order valence-electron chi connectivity index (χ0n) is 14.1. The average Bonchev–Trinajstić information content (AvgIpc) is 2.53. The Labute approximate surface area is 151 Å². The Bertz CT molecular complexity index is 697. The van der Waals surface area contributed by atoms with Gasteiger partial charge in [0.25, 0.3) is 5.91 Å². The number of methoxy groups -OCH3 is 1. The van der Waals surface area contributed by atoms with Crippen molar-refractivity contribution in [3.63, 3.8) is 0 Å². The maximum Gasteiger partial charge on any atom is 0.253 e. The van der Waals surface area contributed by atoms with Crippen LogP contribution >= 0.6 is 12.2 Å². The van der Waals surface area contributed by atoms with E-state index in [1.165, 1.54) is 7.05 Å². The number of thiocarbonyl (C=S) groups is 1. The van der Waals surface area contributed by atoms with Gasteiger partial charge in [-0.15, -0.1) is 0 Å². The molecule has 0 aliphatic carbocycles. The maximum atomic E-state index is 12.9. The third-order valence-corrected chi connectivity index (χ3v) is 5.04. The number of ether oxygens (including phenoxy) is 1. The Morgan fingerprint density at radius 2 is 1.92 bits per heavy atom. The van der Waals surface area contributed by atoms with E-state index in [0.29, 0.717) is 6.61 Å². The van der Waals surface area contributed by atoms with Crippen molar-refractivity contribution in [1.29, 1.82) is 0 Å². The van der Waals surface area contributed by atoms with E-state index < -0.39 is 28.3 Å². The summed E-state index contributed by atoms with van der Waals surface area (Å²) in [6, 6.07) is 4.27. The van der Waals surface area contributed by atoms with Gasteiger partial charge in [-0.1, -0.05) is 0 Å². The van der Waals surface area contributed by atoms with Crippen LogP contribution in [0.5, 0.6) is 0 Å². The highest BCUT2D eigenvalue weighted by atomic mass is 32.2. The summed E-state index contributed by atoms with van der Waals surface area (Å²) < 4.78 is 43.2. The average molecular weight is 392 g/mol. The zero-order valence-corrected chi connectivity index (χ0v) is 15.7. The topological polar surface area (TPSA) is 99.8 Å². The molecule has 8 nitrogen and oxygen atoms in total. The van der Waals surface area contributed by atoms with Crippen LogP contribution in [0.3, 0.4) is 0 Å². The number of rotatable bonds is 7. The molecule has 0 saturated heterocycles. The minimum atomic E-state index is -3.90. The number of nitrogens with one attached hydrogen (secondary N) is 3. The largest absolute Gasteiger partial charge is 0.383 e. The van der Waals surface area contributed by atoms with Crippen molar-refractivity contribution in [2.45, 2.75) is 17.9 Å². The highest BCUT2D eigenvalue weighted by molar-refractivity contribution is 7.89. The summed E-state index contributed by atoms with van der Waals surface area (Å²) in [6.07, 6.45) is 0. The maximum absolute atomic E-state index is 12.9. The van der Waals surface area contributed by atoms with Crippen molar-refractivity contribution < 1.29 is 22.3 Å². The number of carbonyl (C=O) groups is 1. The number of hydrazine groups is 1. The van der Waals surface area contributed by atoms with E-state index in [4.69, 9.17) is 17.0 Å². The molecule has 140 valence electrons. The zero-order chi connectivity index (χ0) is 19.0. The standard InChI is InChI=1S/C14H21FN4O4S2/c1-10(9-23-3)16-14(24)18-17-13(20)8-19(2)25(21,22)12-6-4-11(15)5-7-12/h4-7,10H,8-9H2,1-3H3,(H,17,20)(H2,16,18,24)/t10-/m0/s1. The lowest BCUT2D eigenvalue weighted by Crippen LogP contribution is -2.52. The van der Waals surface area contributed by atoms with Gasteiger partial charge in [-0.2, -0.15) is 4.31 Å².